The van der Waals surface area contributed by atoms with E-state index in [1.54, 1.807) is 19.1 Å². The maximum atomic E-state index is 14.5. The third-order valence-corrected chi connectivity index (χ3v) is 5.15. The van der Waals surface area contributed by atoms with Crippen LogP contribution in [0.3, 0.4) is 0 Å². The Morgan fingerprint density at radius 1 is 1.60 bits per heavy atom. The van der Waals surface area contributed by atoms with Crippen molar-refractivity contribution in [2.45, 2.75) is 13.0 Å². The first kappa shape index (κ1) is 18.0. The van der Waals surface area contributed by atoms with Crippen molar-refractivity contribution in [1.82, 2.24) is 10.7 Å². The maximum Gasteiger partial charge on any atom is 0.414 e. The molecule has 2 N–H and O–H groups in total. The summed E-state index contributed by atoms with van der Waals surface area (Å²) in [7, 11) is 0. The second-order valence-corrected chi connectivity index (χ2v) is 7.53. The Labute approximate surface area is 159 Å². The average Bonchev–Trinajstić information content (AvgIpc) is 2.95. The number of carbonyl (C=O) groups excluding carboxylic acids is 1. The Bertz CT molecular complexity index is 771. The van der Waals surface area contributed by atoms with Crippen molar-refractivity contribution in [3.8, 4) is 0 Å². The van der Waals surface area contributed by atoms with E-state index in [4.69, 9.17) is 29.2 Å². The lowest BCUT2D eigenvalue weighted by Gasteiger charge is -2.17. The molecule has 1 saturated heterocycles. The van der Waals surface area contributed by atoms with Gasteiger partial charge in [0.15, 0.2) is 0 Å². The number of hydrazone groups is 1. The van der Waals surface area contributed by atoms with Crippen LogP contribution in [0.15, 0.2) is 23.3 Å². The van der Waals surface area contributed by atoms with Crippen molar-refractivity contribution >= 4 is 63.0 Å². The molecule has 10 heteroatoms. The van der Waals surface area contributed by atoms with E-state index in [-0.39, 0.29) is 6.10 Å². The molecule has 0 bridgehead atoms. The molecule has 1 fully saturated rings. The van der Waals surface area contributed by atoms with Crippen LogP contribution in [0.5, 0.6) is 0 Å². The minimum Gasteiger partial charge on any atom is -0.442 e. The minimum atomic E-state index is -0.502. The molecule has 1 atom stereocenters. The quantitative estimate of drug-likeness (QED) is 0.755. The summed E-state index contributed by atoms with van der Waals surface area (Å²) in [6.07, 6.45) is -0.839. The summed E-state index contributed by atoms with van der Waals surface area (Å²) in [6, 6.07) is 4.59. The number of ether oxygens (including phenoxy) is 1. The van der Waals surface area contributed by atoms with Gasteiger partial charge in [-0.2, -0.15) is 5.10 Å². The SMILES string of the molecule is CC(=S)NCC1CN(c2ccc(C3=NNC(=S)CS3)c(F)c2)C(=O)O1. The molecule has 2 aliphatic heterocycles. The van der Waals surface area contributed by atoms with Crippen LogP contribution < -0.4 is 15.6 Å². The molecule has 6 nitrogen and oxygen atoms in total. The highest BCUT2D eigenvalue weighted by atomic mass is 32.2. The second kappa shape index (κ2) is 7.63. The van der Waals surface area contributed by atoms with Gasteiger partial charge in [0.05, 0.1) is 29.5 Å². The number of amides is 1. The topological polar surface area (TPSA) is 66.0 Å². The van der Waals surface area contributed by atoms with Gasteiger partial charge in [-0.05, 0) is 25.1 Å². The molecule has 0 aliphatic carbocycles. The summed E-state index contributed by atoms with van der Waals surface area (Å²) < 4.78 is 19.8. The lowest BCUT2D eigenvalue weighted by atomic mass is 10.2. The Balaban J connectivity index is 1.73. The fourth-order valence-corrected chi connectivity index (χ4v) is 3.46. The lowest BCUT2D eigenvalue weighted by molar-refractivity contribution is 0.143. The van der Waals surface area contributed by atoms with Gasteiger partial charge in [-0.1, -0.05) is 36.2 Å². The Morgan fingerprint density at radius 3 is 3.04 bits per heavy atom. The highest BCUT2D eigenvalue weighted by Gasteiger charge is 2.32. The number of rotatable bonds is 4. The largest absolute Gasteiger partial charge is 0.442 e. The molecule has 2 aliphatic rings. The molecule has 0 saturated carbocycles. The first-order chi connectivity index (χ1) is 11.9. The smallest absolute Gasteiger partial charge is 0.414 e. The van der Waals surface area contributed by atoms with E-state index in [0.717, 1.165) is 0 Å². The van der Waals surface area contributed by atoms with E-state index >= 15 is 0 Å². The molecule has 0 radical (unpaired) electrons. The van der Waals surface area contributed by atoms with Crippen LogP contribution >= 0.6 is 36.2 Å². The molecule has 25 heavy (non-hydrogen) atoms. The highest BCUT2D eigenvalue weighted by molar-refractivity contribution is 8.15. The summed E-state index contributed by atoms with van der Waals surface area (Å²) in [6.45, 7) is 2.52. The summed E-state index contributed by atoms with van der Waals surface area (Å²) >= 11 is 11.3. The van der Waals surface area contributed by atoms with Crippen molar-refractivity contribution in [3.05, 3.63) is 29.6 Å². The number of halogens is 1. The standard InChI is InChI=1S/C15H15FN4O2S3/c1-8(23)17-5-10-6-20(15(21)22-10)9-2-3-11(12(16)4-9)14-19-18-13(24)7-25-14/h2-4,10H,5-7H2,1H3,(H,17,23)(H,18,24). The van der Waals surface area contributed by atoms with Crippen molar-refractivity contribution in [2.24, 2.45) is 5.10 Å². The zero-order chi connectivity index (χ0) is 18.0. The van der Waals surface area contributed by atoms with E-state index in [2.05, 4.69) is 15.8 Å². The highest BCUT2D eigenvalue weighted by Crippen LogP contribution is 2.26. The molecule has 1 amide bonds. The van der Waals surface area contributed by atoms with E-state index < -0.39 is 11.9 Å². The van der Waals surface area contributed by atoms with Gasteiger partial charge >= 0.3 is 6.09 Å². The molecule has 1 aromatic rings. The number of thiocarbonyl (C=S) groups is 2. The predicted octanol–water partition coefficient (Wildman–Crippen LogP) is 2.41. The van der Waals surface area contributed by atoms with Crippen LogP contribution in [0.1, 0.15) is 12.5 Å². The van der Waals surface area contributed by atoms with Crippen molar-refractivity contribution < 1.29 is 13.9 Å². The van der Waals surface area contributed by atoms with Crippen molar-refractivity contribution in [2.75, 3.05) is 23.7 Å². The lowest BCUT2D eigenvalue weighted by Crippen LogP contribution is -2.32. The number of nitrogens with one attached hydrogen (secondary N) is 2. The van der Waals surface area contributed by atoms with Gasteiger partial charge in [0.1, 0.15) is 22.0 Å². The zero-order valence-corrected chi connectivity index (χ0v) is 15.7. The van der Waals surface area contributed by atoms with Crippen molar-refractivity contribution in [1.29, 1.82) is 0 Å². The van der Waals surface area contributed by atoms with Crippen LogP contribution in [-0.4, -0.2) is 46.1 Å². The molecular formula is C15H15FN4O2S3. The summed E-state index contributed by atoms with van der Waals surface area (Å²) in [5, 5.41) is 7.55. The molecule has 1 aromatic carbocycles. The third-order valence-electron chi connectivity index (χ3n) is 3.57. The number of anilines is 1. The fraction of sp³-hybridized carbons (Fsp3) is 0.333. The van der Waals surface area contributed by atoms with Crippen LogP contribution in [0.4, 0.5) is 14.9 Å². The van der Waals surface area contributed by atoms with E-state index in [0.29, 0.717) is 45.1 Å². The fourth-order valence-electron chi connectivity index (χ4n) is 2.39. The van der Waals surface area contributed by atoms with E-state index in [1.807, 2.05) is 0 Å². The zero-order valence-electron chi connectivity index (χ0n) is 13.2. The molecule has 0 aromatic heterocycles. The molecule has 3 rings (SSSR count). The minimum absolute atomic E-state index is 0.332. The number of benzene rings is 1. The Hall–Kier alpha value is -1.78. The number of hydrogen-bond donors (Lipinski definition) is 2. The van der Waals surface area contributed by atoms with Crippen LogP contribution in [0.25, 0.3) is 0 Å². The van der Waals surface area contributed by atoms with E-state index in [9.17, 15) is 9.18 Å². The number of carbonyl (C=O) groups is 1. The predicted molar refractivity (Wildman–Crippen MR) is 105 cm³/mol. The monoisotopic (exact) mass is 398 g/mol. The molecular weight excluding hydrogens is 383 g/mol. The number of thioether (sulfide) groups is 1. The maximum absolute atomic E-state index is 14.5. The number of cyclic esters (lactones) is 1. The summed E-state index contributed by atoms with van der Waals surface area (Å²) in [5.41, 5.74) is 3.50. The van der Waals surface area contributed by atoms with Crippen LogP contribution in [0, 0.1) is 5.82 Å². The summed E-state index contributed by atoms with van der Waals surface area (Å²) in [4.78, 5) is 14.7. The van der Waals surface area contributed by atoms with Gasteiger partial charge in [0.25, 0.3) is 0 Å². The van der Waals surface area contributed by atoms with Gasteiger partial charge in [-0.15, -0.1) is 0 Å². The van der Waals surface area contributed by atoms with Crippen LogP contribution in [-0.2, 0) is 4.74 Å². The molecule has 2 heterocycles. The number of hydrogen-bond acceptors (Lipinski definition) is 6. The van der Waals surface area contributed by atoms with Gasteiger partial charge in [-0.25, -0.2) is 9.18 Å². The van der Waals surface area contributed by atoms with Gasteiger partial charge in [-0.3, -0.25) is 10.3 Å². The second-order valence-electron chi connectivity index (χ2n) is 5.46. The van der Waals surface area contributed by atoms with Crippen molar-refractivity contribution in [3.63, 3.8) is 0 Å². The number of nitrogens with zero attached hydrogens (tertiary/aromatic N) is 2. The first-order valence-electron chi connectivity index (χ1n) is 7.46. The Morgan fingerprint density at radius 2 is 2.40 bits per heavy atom. The first-order valence-corrected chi connectivity index (χ1v) is 9.26. The van der Waals surface area contributed by atoms with Gasteiger partial charge in [0, 0.05) is 5.56 Å². The van der Waals surface area contributed by atoms with Gasteiger partial charge in [0.2, 0.25) is 0 Å². The average molecular weight is 399 g/mol. The van der Waals surface area contributed by atoms with Gasteiger partial charge < -0.3 is 10.1 Å². The van der Waals surface area contributed by atoms with E-state index in [1.165, 1.54) is 22.7 Å². The molecule has 0 spiro atoms. The molecule has 132 valence electrons. The normalized spacial score (nSPS) is 20.0. The third kappa shape index (κ3) is 4.25. The van der Waals surface area contributed by atoms with Crippen LogP contribution in [0.2, 0.25) is 0 Å². The summed E-state index contributed by atoms with van der Waals surface area (Å²) in [5.74, 6) is 0.101. The molecule has 1 unspecified atom stereocenters. The Kier molecular flexibility index (Phi) is 5.50.